The number of rotatable bonds is 1. The lowest BCUT2D eigenvalue weighted by Crippen LogP contribution is -2.42. The highest BCUT2D eigenvalue weighted by Crippen LogP contribution is 2.42. The zero-order valence-corrected chi connectivity index (χ0v) is 12.8. The topological polar surface area (TPSA) is 3.24 Å². The third-order valence-corrected chi connectivity index (χ3v) is 4.69. The molecule has 1 saturated carbocycles. The molecule has 2 atom stereocenters. The SMILES string of the molecule is CCC.C[C@@H]1CC[C@H](N2CCCC2)CC1(C)C. The molecule has 2 fully saturated rings. The van der Waals surface area contributed by atoms with Gasteiger partial charge in [-0.1, -0.05) is 41.0 Å². The lowest BCUT2D eigenvalue weighted by atomic mass is 9.68. The highest BCUT2D eigenvalue weighted by atomic mass is 15.2. The van der Waals surface area contributed by atoms with Gasteiger partial charge in [-0.2, -0.15) is 0 Å². The van der Waals surface area contributed by atoms with Crippen LogP contribution in [-0.2, 0) is 0 Å². The molecular weight excluding hydrogens is 206 g/mol. The summed E-state index contributed by atoms with van der Waals surface area (Å²) in [5.41, 5.74) is 0.575. The van der Waals surface area contributed by atoms with Crippen LogP contribution in [0, 0.1) is 11.3 Å². The van der Waals surface area contributed by atoms with Crippen molar-refractivity contribution in [1.82, 2.24) is 4.90 Å². The Morgan fingerprint density at radius 1 is 1.06 bits per heavy atom. The van der Waals surface area contributed by atoms with Gasteiger partial charge in [0.2, 0.25) is 0 Å². The fraction of sp³-hybridized carbons (Fsp3) is 1.00. The highest BCUT2D eigenvalue weighted by Gasteiger charge is 2.36. The van der Waals surface area contributed by atoms with Crippen molar-refractivity contribution in [3.8, 4) is 0 Å². The minimum Gasteiger partial charge on any atom is -0.300 e. The van der Waals surface area contributed by atoms with Crippen molar-refractivity contribution in [1.29, 1.82) is 0 Å². The van der Waals surface area contributed by atoms with E-state index in [1.807, 2.05) is 0 Å². The molecule has 0 bridgehead atoms. The second kappa shape index (κ2) is 6.78. The van der Waals surface area contributed by atoms with Crippen molar-refractivity contribution in [2.45, 2.75) is 79.2 Å². The summed E-state index contributed by atoms with van der Waals surface area (Å²) in [4.78, 5) is 2.74. The minimum atomic E-state index is 0.575. The predicted octanol–water partition coefficient (Wildman–Crippen LogP) is 4.71. The molecule has 1 saturated heterocycles. The Hall–Kier alpha value is -0.0400. The summed E-state index contributed by atoms with van der Waals surface area (Å²) in [5, 5.41) is 0. The standard InChI is InChI=1S/C13H25N.C3H8/c1-11-6-7-12(10-13(11,2)3)14-8-4-5-9-14;1-3-2/h11-12H,4-10H2,1-3H3;3H2,1-2H3/t11-,12+;/m1./s1. The number of nitrogens with zero attached hydrogens (tertiary/aromatic N) is 1. The summed E-state index contributed by atoms with van der Waals surface area (Å²) < 4.78 is 0. The molecule has 1 aliphatic carbocycles. The molecular formula is C16H33N. The van der Waals surface area contributed by atoms with Crippen LogP contribution >= 0.6 is 0 Å². The van der Waals surface area contributed by atoms with Crippen LogP contribution in [0.15, 0.2) is 0 Å². The average molecular weight is 239 g/mol. The van der Waals surface area contributed by atoms with Gasteiger partial charge in [0.25, 0.3) is 0 Å². The van der Waals surface area contributed by atoms with Crippen LogP contribution < -0.4 is 0 Å². The maximum Gasteiger partial charge on any atom is 0.0100 e. The van der Waals surface area contributed by atoms with Gasteiger partial charge in [0, 0.05) is 6.04 Å². The zero-order valence-electron chi connectivity index (χ0n) is 12.8. The normalized spacial score (nSPS) is 33.0. The maximum atomic E-state index is 2.74. The average Bonchev–Trinajstić information content (AvgIpc) is 2.76. The molecule has 2 rings (SSSR count). The van der Waals surface area contributed by atoms with E-state index < -0.39 is 0 Å². The molecule has 102 valence electrons. The lowest BCUT2D eigenvalue weighted by molar-refractivity contribution is 0.0677. The highest BCUT2D eigenvalue weighted by molar-refractivity contribution is 4.89. The molecule has 0 aromatic carbocycles. The van der Waals surface area contributed by atoms with Gasteiger partial charge in [0.15, 0.2) is 0 Å². The van der Waals surface area contributed by atoms with Crippen LogP contribution in [0.1, 0.15) is 73.1 Å². The molecule has 2 aliphatic rings. The Bertz CT molecular complexity index is 204. The summed E-state index contributed by atoms with van der Waals surface area (Å²) in [6.07, 6.45) is 8.44. The summed E-state index contributed by atoms with van der Waals surface area (Å²) in [5.74, 6) is 0.918. The van der Waals surface area contributed by atoms with Gasteiger partial charge < -0.3 is 4.90 Å². The molecule has 0 radical (unpaired) electrons. The maximum absolute atomic E-state index is 2.74. The molecule has 0 aromatic rings. The Balaban J connectivity index is 0.000000437. The van der Waals surface area contributed by atoms with Crippen LogP contribution in [0.5, 0.6) is 0 Å². The number of likely N-dealkylation sites (tertiary alicyclic amines) is 1. The van der Waals surface area contributed by atoms with Gasteiger partial charge in [-0.15, -0.1) is 0 Å². The zero-order chi connectivity index (χ0) is 12.9. The van der Waals surface area contributed by atoms with E-state index in [4.69, 9.17) is 0 Å². The number of hydrogen-bond acceptors (Lipinski definition) is 1. The van der Waals surface area contributed by atoms with Gasteiger partial charge in [-0.05, 0) is 56.5 Å². The molecule has 0 aromatic heterocycles. The fourth-order valence-corrected chi connectivity index (χ4v) is 3.16. The van der Waals surface area contributed by atoms with Crippen LogP contribution in [0.2, 0.25) is 0 Å². The van der Waals surface area contributed by atoms with E-state index in [2.05, 4.69) is 39.5 Å². The van der Waals surface area contributed by atoms with E-state index in [1.165, 1.54) is 51.6 Å². The van der Waals surface area contributed by atoms with Gasteiger partial charge in [-0.3, -0.25) is 0 Å². The summed E-state index contributed by atoms with van der Waals surface area (Å²) in [6, 6.07) is 0.906. The Kier molecular flexibility index (Phi) is 5.99. The van der Waals surface area contributed by atoms with Crippen molar-refractivity contribution >= 4 is 0 Å². The third-order valence-electron chi connectivity index (χ3n) is 4.69. The molecule has 1 heterocycles. The summed E-state index contributed by atoms with van der Waals surface area (Å²) in [6.45, 7) is 14.3. The van der Waals surface area contributed by atoms with Crippen LogP contribution in [0.3, 0.4) is 0 Å². The lowest BCUT2D eigenvalue weighted by Gasteiger charge is -2.44. The quantitative estimate of drug-likeness (QED) is 0.640. The molecule has 1 nitrogen and oxygen atoms in total. The first-order valence-corrected chi connectivity index (χ1v) is 7.75. The van der Waals surface area contributed by atoms with E-state index in [-0.39, 0.29) is 0 Å². The van der Waals surface area contributed by atoms with Crippen molar-refractivity contribution in [3.05, 3.63) is 0 Å². The smallest absolute Gasteiger partial charge is 0.0100 e. The molecule has 0 spiro atoms. The molecule has 0 N–H and O–H groups in total. The predicted molar refractivity (Wildman–Crippen MR) is 77.4 cm³/mol. The third kappa shape index (κ3) is 4.28. The van der Waals surface area contributed by atoms with Crippen molar-refractivity contribution in [2.24, 2.45) is 11.3 Å². The largest absolute Gasteiger partial charge is 0.300 e. The fourth-order valence-electron chi connectivity index (χ4n) is 3.16. The molecule has 0 unspecified atom stereocenters. The second-order valence-corrected chi connectivity index (χ2v) is 6.78. The minimum absolute atomic E-state index is 0.575. The van der Waals surface area contributed by atoms with E-state index in [9.17, 15) is 0 Å². The van der Waals surface area contributed by atoms with E-state index in [1.54, 1.807) is 0 Å². The van der Waals surface area contributed by atoms with Crippen molar-refractivity contribution < 1.29 is 0 Å². The monoisotopic (exact) mass is 239 g/mol. The van der Waals surface area contributed by atoms with Crippen molar-refractivity contribution in [2.75, 3.05) is 13.1 Å². The Morgan fingerprint density at radius 2 is 1.59 bits per heavy atom. The van der Waals surface area contributed by atoms with Gasteiger partial charge in [-0.25, -0.2) is 0 Å². The molecule has 17 heavy (non-hydrogen) atoms. The van der Waals surface area contributed by atoms with Crippen LogP contribution in [0.4, 0.5) is 0 Å². The van der Waals surface area contributed by atoms with Crippen molar-refractivity contribution in [3.63, 3.8) is 0 Å². The van der Waals surface area contributed by atoms with Gasteiger partial charge >= 0.3 is 0 Å². The van der Waals surface area contributed by atoms with Gasteiger partial charge in [0.05, 0.1) is 0 Å². The van der Waals surface area contributed by atoms with Crippen LogP contribution in [-0.4, -0.2) is 24.0 Å². The first-order valence-electron chi connectivity index (χ1n) is 7.75. The van der Waals surface area contributed by atoms with E-state index in [0.717, 1.165) is 12.0 Å². The number of hydrogen-bond donors (Lipinski definition) is 0. The van der Waals surface area contributed by atoms with Crippen LogP contribution in [0.25, 0.3) is 0 Å². The molecule has 1 heteroatoms. The summed E-state index contributed by atoms with van der Waals surface area (Å²) >= 11 is 0. The van der Waals surface area contributed by atoms with Gasteiger partial charge in [0.1, 0.15) is 0 Å². The Morgan fingerprint density at radius 3 is 2.06 bits per heavy atom. The van der Waals surface area contributed by atoms with E-state index >= 15 is 0 Å². The molecule has 0 amide bonds. The second-order valence-electron chi connectivity index (χ2n) is 6.78. The molecule has 1 aliphatic heterocycles. The van der Waals surface area contributed by atoms with E-state index in [0.29, 0.717) is 5.41 Å². The Labute approximate surface area is 109 Å². The first-order chi connectivity index (χ1) is 8.01. The first kappa shape index (κ1) is 15.0. The summed E-state index contributed by atoms with van der Waals surface area (Å²) in [7, 11) is 0.